The van der Waals surface area contributed by atoms with Crippen molar-refractivity contribution in [2.75, 3.05) is 0 Å². The molecule has 1 aliphatic rings. The van der Waals surface area contributed by atoms with Crippen LogP contribution in [-0.4, -0.2) is 15.0 Å². The summed E-state index contributed by atoms with van der Waals surface area (Å²) in [6.07, 6.45) is 2.34. The Kier molecular flexibility index (Phi) is 3.01. The number of halogens is 2. The topological polar surface area (TPSA) is 56.7 Å². The van der Waals surface area contributed by atoms with Crippen LogP contribution in [0.5, 0.6) is 0 Å². The van der Waals surface area contributed by atoms with Gasteiger partial charge < -0.3 is 5.73 Å². The van der Waals surface area contributed by atoms with Gasteiger partial charge in [0.2, 0.25) is 0 Å². The molecule has 2 N–H and O–H groups in total. The van der Waals surface area contributed by atoms with Crippen LogP contribution in [-0.2, 0) is 6.54 Å². The smallest absolute Gasteiger partial charge is 0.100 e. The van der Waals surface area contributed by atoms with E-state index in [2.05, 4.69) is 10.3 Å². The van der Waals surface area contributed by atoms with Crippen molar-refractivity contribution in [2.45, 2.75) is 25.3 Å². The van der Waals surface area contributed by atoms with Crippen molar-refractivity contribution in [3.05, 3.63) is 39.6 Å². The first kappa shape index (κ1) is 12.0. The number of hydrogen-bond donors (Lipinski definition) is 1. The first-order valence-corrected chi connectivity index (χ1v) is 6.56. The lowest BCUT2D eigenvalue weighted by atomic mass is 10.2. The molecule has 2 aromatic rings. The summed E-state index contributed by atoms with van der Waals surface area (Å²) in [5.41, 5.74) is 8.54. The van der Waals surface area contributed by atoms with E-state index >= 15 is 0 Å². The number of rotatable bonds is 3. The molecule has 94 valence electrons. The molecule has 1 saturated carbocycles. The molecule has 0 saturated heterocycles. The fourth-order valence-electron chi connectivity index (χ4n) is 2.04. The SMILES string of the molecule is NCc1nnn(-c2ccc(Cl)c(Cl)c2)c1C1CC1. The molecule has 1 heterocycles. The maximum absolute atomic E-state index is 6.03. The van der Waals surface area contributed by atoms with Crippen LogP contribution < -0.4 is 5.73 Å². The molecule has 1 aromatic carbocycles. The zero-order chi connectivity index (χ0) is 12.7. The summed E-state index contributed by atoms with van der Waals surface area (Å²) >= 11 is 12.0. The lowest BCUT2D eigenvalue weighted by Gasteiger charge is -2.07. The van der Waals surface area contributed by atoms with E-state index in [-0.39, 0.29) is 0 Å². The molecule has 6 heteroatoms. The van der Waals surface area contributed by atoms with Crippen LogP contribution >= 0.6 is 23.2 Å². The fraction of sp³-hybridized carbons (Fsp3) is 0.333. The molecule has 18 heavy (non-hydrogen) atoms. The standard InChI is InChI=1S/C12H12Cl2N4/c13-9-4-3-8(5-10(9)14)18-12(7-1-2-7)11(6-15)16-17-18/h3-5,7H,1-2,6,15H2. The Morgan fingerprint density at radius 1 is 1.28 bits per heavy atom. The summed E-state index contributed by atoms with van der Waals surface area (Å²) in [5.74, 6) is 0.521. The van der Waals surface area contributed by atoms with Crippen molar-refractivity contribution in [2.24, 2.45) is 5.73 Å². The van der Waals surface area contributed by atoms with E-state index in [9.17, 15) is 0 Å². The van der Waals surface area contributed by atoms with E-state index in [4.69, 9.17) is 28.9 Å². The number of hydrogen-bond acceptors (Lipinski definition) is 3. The van der Waals surface area contributed by atoms with E-state index in [1.54, 1.807) is 12.1 Å². The van der Waals surface area contributed by atoms with Crippen LogP contribution in [0.3, 0.4) is 0 Å². The van der Waals surface area contributed by atoms with Gasteiger partial charge in [0.05, 0.1) is 21.4 Å². The first-order valence-electron chi connectivity index (χ1n) is 5.80. The van der Waals surface area contributed by atoms with Crippen molar-refractivity contribution >= 4 is 23.2 Å². The Bertz CT molecular complexity index is 590. The first-order chi connectivity index (χ1) is 8.70. The maximum atomic E-state index is 6.03. The molecular formula is C12H12Cl2N4. The third-order valence-corrected chi connectivity index (χ3v) is 3.82. The lowest BCUT2D eigenvalue weighted by Crippen LogP contribution is -2.05. The highest BCUT2D eigenvalue weighted by molar-refractivity contribution is 6.42. The van der Waals surface area contributed by atoms with Gasteiger partial charge in [0, 0.05) is 12.5 Å². The molecule has 3 rings (SSSR count). The maximum Gasteiger partial charge on any atom is 0.100 e. The zero-order valence-electron chi connectivity index (χ0n) is 9.61. The predicted molar refractivity (Wildman–Crippen MR) is 71.2 cm³/mol. The van der Waals surface area contributed by atoms with Gasteiger partial charge in [-0.25, -0.2) is 4.68 Å². The van der Waals surface area contributed by atoms with Gasteiger partial charge >= 0.3 is 0 Å². The average molecular weight is 283 g/mol. The molecule has 0 unspecified atom stereocenters. The minimum atomic E-state index is 0.410. The summed E-state index contributed by atoms with van der Waals surface area (Å²) in [5, 5.41) is 9.36. The second-order valence-corrected chi connectivity index (χ2v) is 5.22. The second-order valence-electron chi connectivity index (χ2n) is 4.41. The average Bonchev–Trinajstić information content (AvgIpc) is 3.12. The number of nitrogens with two attached hydrogens (primary N) is 1. The summed E-state index contributed by atoms with van der Waals surface area (Å²) in [7, 11) is 0. The van der Waals surface area contributed by atoms with Crippen LogP contribution in [0.25, 0.3) is 5.69 Å². The minimum Gasteiger partial charge on any atom is -0.325 e. The van der Waals surface area contributed by atoms with Gasteiger partial charge in [0.25, 0.3) is 0 Å². The highest BCUT2D eigenvalue weighted by Gasteiger charge is 2.31. The quantitative estimate of drug-likeness (QED) is 0.942. The molecule has 0 spiro atoms. The van der Waals surface area contributed by atoms with E-state index in [0.29, 0.717) is 22.5 Å². The molecule has 0 amide bonds. The van der Waals surface area contributed by atoms with Crippen molar-refractivity contribution < 1.29 is 0 Å². The minimum absolute atomic E-state index is 0.410. The van der Waals surface area contributed by atoms with Crippen LogP contribution in [0, 0.1) is 0 Å². The Balaban J connectivity index is 2.10. The third-order valence-electron chi connectivity index (χ3n) is 3.08. The number of nitrogens with zero attached hydrogens (tertiary/aromatic N) is 3. The second kappa shape index (κ2) is 4.53. The highest BCUT2D eigenvalue weighted by atomic mass is 35.5. The molecule has 1 aromatic heterocycles. The van der Waals surface area contributed by atoms with Crippen LogP contribution in [0.4, 0.5) is 0 Å². The van der Waals surface area contributed by atoms with Gasteiger partial charge in [0.1, 0.15) is 5.69 Å². The zero-order valence-corrected chi connectivity index (χ0v) is 11.1. The fourth-order valence-corrected chi connectivity index (χ4v) is 2.33. The van der Waals surface area contributed by atoms with Gasteiger partial charge in [-0.15, -0.1) is 5.10 Å². The summed E-state index contributed by atoms with van der Waals surface area (Å²) in [4.78, 5) is 0. The third kappa shape index (κ3) is 2.00. The molecule has 0 atom stereocenters. The van der Waals surface area contributed by atoms with Crippen molar-refractivity contribution in [3.63, 3.8) is 0 Å². The van der Waals surface area contributed by atoms with Crippen molar-refractivity contribution in [1.82, 2.24) is 15.0 Å². The van der Waals surface area contributed by atoms with E-state index < -0.39 is 0 Å². The Hall–Kier alpha value is -1.10. The van der Waals surface area contributed by atoms with Crippen LogP contribution in [0.1, 0.15) is 30.1 Å². The molecular weight excluding hydrogens is 271 g/mol. The molecule has 0 aliphatic heterocycles. The number of aromatic nitrogens is 3. The summed E-state index contributed by atoms with van der Waals surface area (Å²) in [6.45, 7) is 0.410. The monoisotopic (exact) mass is 282 g/mol. The van der Waals surface area contributed by atoms with Crippen molar-refractivity contribution in [3.8, 4) is 5.69 Å². The van der Waals surface area contributed by atoms with E-state index in [1.165, 1.54) is 12.8 Å². The van der Waals surface area contributed by atoms with Gasteiger partial charge in [-0.1, -0.05) is 28.4 Å². The largest absolute Gasteiger partial charge is 0.325 e. The van der Waals surface area contributed by atoms with Gasteiger partial charge in [0.15, 0.2) is 0 Å². The van der Waals surface area contributed by atoms with E-state index in [0.717, 1.165) is 17.1 Å². The summed E-state index contributed by atoms with van der Waals surface area (Å²) in [6, 6.07) is 5.44. The Morgan fingerprint density at radius 2 is 2.06 bits per heavy atom. The van der Waals surface area contributed by atoms with Crippen molar-refractivity contribution in [1.29, 1.82) is 0 Å². The normalized spacial score (nSPS) is 15.1. The van der Waals surface area contributed by atoms with Crippen LogP contribution in [0.2, 0.25) is 10.0 Å². The number of benzene rings is 1. The highest BCUT2D eigenvalue weighted by Crippen LogP contribution is 2.42. The molecule has 0 radical (unpaired) electrons. The van der Waals surface area contributed by atoms with Gasteiger partial charge in [-0.3, -0.25) is 0 Å². The summed E-state index contributed by atoms with van der Waals surface area (Å²) < 4.78 is 1.82. The van der Waals surface area contributed by atoms with Gasteiger partial charge in [-0.2, -0.15) is 0 Å². The lowest BCUT2D eigenvalue weighted by molar-refractivity contribution is 0.763. The molecule has 1 fully saturated rings. The Labute approximate surface area is 115 Å². The van der Waals surface area contributed by atoms with Gasteiger partial charge in [-0.05, 0) is 31.0 Å². The molecule has 1 aliphatic carbocycles. The van der Waals surface area contributed by atoms with E-state index in [1.807, 2.05) is 10.7 Å². The Morgan fingerprint density at radius 3 is 2.67 bits per heavy atom. The van der Waals surface area contributed by atoms with Crippen LogP contribution in [0.15, 0.2) is 18.2 Å². The predicted octanol–water partition coefficient (Wildman–Crippen LogP) is 2.91. The molecule has 0 bridgehead atoms. The molecule has 4 nitrogen and oxygen atoms in total.